The highest BCUT2D eigenvalue weighted by molar-refractivity contribution is 7.88. The van der Waals surface area contributed by atoms with Gasteiger partial charge in [-0.15, -0.1) is 0 Å². The van der Waals surface area contributed by atoms with Gasteiger partial charge in [-0.2, -0.15) is 4.31 Å². The molecule has 120 valence electrons. The smallest absolute Gasteiger partial charge is 0.271 e. The molecule has 1 fully saturated rings. The minimum absolute atomic E-state index is 0.132. The number of nitrogens with zero attached hydrogens (tertiary/aromatic N) is 2. The van der Waals surface area contributed by atoms with Crippen LogP contribution in [0.2, 0.25) is 0 Å². The molecule has 2 rings (SSSR count). The molecule has 0 aliphatic carbocycles. The van der Waals surface area contributed by atoms with Crippen LogP contribution >= 0.6 is 0 Å². The molecule has 0 bridgehead atoms. The van der Waals surface area contributed by atoms with Gasteiger partial charge in [-0.3, -0.25) is 14.9 Å². The Hall–Kier alpha value is -2.00. The van der Waals surface area contributed by atoms with Gasteiger partial charge in [0.05, 0.1) is 16.9 Å². The SMILES string of the molecule is Cc1ccc([N+](=O)[O-])cc1NC(=O)[C@@H]1CCCN1S(C)(=O)=O. The lowest BCUT2D eigenvalue weighted by Crippen LogP contribution is -2.42. The average Bonchev–Trinajstić information content (AvgIpc) is 2.90. The summed E-state index contributed by atoms with van der Waals surface area (Å²) < 4.78 is 24.5. The molecule has 1 aromatic carbocycles. The molecule has 1 amide bonds. The van der Waals surface area contributed by atoms with Gasteiger partial charge in [-0.1, -0.05) is 6.07 Å². The van der Waals surface area contributed by atoms with Gasteiger partial charge >= 0.3 is 0 Å². The topological polar surface area (TPSA) is 110 Å². The van der Waals surface area contributed by atoms with Crippen molar-refractivity contribution < 1.29 is 18.1 Å². The van der Waals surface area contributed by atoms with Crippen molar-refractivity contribution in [1.82, 2.24) is 4.31 Å². The highest BCUT2D eigenvalue weighted by Crippen LogP contribution is 2.25. The molecule has 22 heavy (non-hydrogen) atoms. The first-order valence-corrected chi connectivity index (χ1v) is 8.57. The molecule has 9 heteroatoms. The van der Waals surface area contributed by atoms with Crippen molar-refractivity contribution in [2.45, 2.75) is 25.8 Å². The Morgan fingerprint density at radius 1 is 1.45 bits per heavy atom. The van der Waals surface area contributed by atoms with E-state index in [-0.39, 0.29) is 5.69 Å². The van der Waals surface area contributed by atoms with E-state index >= 15 is 0 Å². The Kier molecular flexibility index (Phi) is 4.47. The molecule has 1 aliphatic rings. The predicted octanol–water partition coefficient (Wildman–Crippen LogP) is 1.27. The molecule has 0 spiro atoms. The summed E-state index contributed by atoms with van der Waals surface area (Å²) in [6, 6.07) is 3.39. The number of aryl methyl sites for hydroxylation is 1. The Bertz CT molecular complexity index is 716. The maximum Gasteiger partial charge on any atom is 0.271 e. The van der Waals surface area contributed by atoms with Gasteiger partial charge < -0.3 is 5.32 Å². The second-order valence-corrected chi connectivity index (χ2v) is 7.21. The maximum atomic E-state index is 12.3. The monoisotopic (exact) mass is 327 g/mol. The van der Waals surface area contributed by atoms with E-state index in [9.17, 15) is 23.3 Å². The van der Waals surface area contributed by atoms with Crippen LogP contribution < -0.4 is 5.32 Å². The number of nitrogens with one attached hydrogen (secondary N) is 1. The first-order valence-electron chi connectivity index (χ1n) is 6.73. The molecule has 1 aromatic rings. The van der Waals surface area contributed by atoms with Crippen LogP contribution in [0.5, 0.6) is 0 Å². The summed E-state index contributed by atoms with van der Waals surface area (Å²) in [5.41, 5.74) is 0.856. The van der Waals surface area contributed by atoms with Gasteiger partial charge in [-0.25, -0.2) is 8.42 Å². The number of nitro benzene ring substituents is 1. The fourth-order valence-corrected chi connectivity index (χ4v) is 3.60. The van der Waals surface area contributed by atoms with Gasteiger partial charge in [-0.05, 0) is 25.3 Å². The van der Waals surface area contributed by atoms with Crippen LogP contribution in [0.3, 0.4) is 0 Å². The quantitative estimate of drug-likeness (QED) is 0.661. The molecule has 0 unspecified atom stereocenters. The standard InChI is InChI=1S/C13H17N3O5S/c1-9-5-6-10(16(18)19)8-11(9)14-13(17)12-4-3-7-15(12)22(2,20)21/h5-6,8,12H,3-4,7H2,1-2H3,(H,14,17)/t12-/m0/s1. The Morgan fingerprint density at radius 2 is 2.14 bits per heavy atom. The third-order valence-corrected chi connectivity index (χ3v) is 4.91. The van der Waals surface area contributed by atoms with Crippen molar-refractivity contribution >= 4 is 27.3 Å². The number of hydrogen-bond acceptors (Lipinski definition) is 5. The number of non-ortho nitro benzene ring substituents is 1. The van der Waals surface area contributed by atoms with Crippen LogP contribution in [-0.4, -0.2) is 42.4 Å². The predicted molar refractivity (Wildman–Crippen MR) is 81.0 cm³/mol. The second-order valence-electron chi connectivity index (χ2n) is 5.28. The molecule has 1 atom stereocenters. The van der Waals surface area contributed by atoms with E-state index in [1.165, 1.54) is 18.2 Å². The summed E-state index contributed by atoms with van der Waals surface area (Å²) in [6.07, 6.45) is 2.11. The van der Waals surface area contributed by atoms with Gasteiger partial charge in [0, 0.05) is 18.7 Å². The lowest BCUT2D eigenvalue weighted by atomic mass is 10.1. The van der Waals surface area contributed by atoms with Gasteiger partial charge in [0.25, 0.3) is 5.69 Å². The average molecular weight is 327 g/mol. The van der Waals surface area contributed by atoms with Crippen LogP contribution in [-0.2, 0) is 14.8 Å². The molecule has 1 heterocycles. The molecule has 0 saturated carbocycles. The van der Waals surface area contributed by atoms with Crippen molar-refractivity contribution in [3.63, 3.8) is 0 Å². The summed E-state index contributed by atoms with van der Waals surface area (Å²) in [5, 5.41) is 13.4. The van der Waals surface area contributed by atoms with Crippen molar-refractivity contribution in [3.05, 3.63) is 33.9 Å². The Labute approximate surface area is 128 Å². The molecule has 1 N–H and O–H groups in total. The molecule has 8 nitrogen and oxygen atoms in total. The molecular weight excluding hydrogens is 310 g/mol. The minimum Gasteiger partial charge on any atom is -0.324 e. The third-order valence-electron chi connectivity index (χ3n) is 3.62. The lowest BCUT2D eigenvalue weighted by Gasteiger charge is -2.21. The first-order chi connectivity index (χ1) is 10.2. The zero-order valence-electron chi connectivity index (χ0n) is 12.3. The van der Waals surface area contributed by atoms with E-state index in [2.05, 4.69) is 5.32 Å². The largest absolute Gasteiger partial charge is 0.324 e. The number of carbonyl (C=O) groups excluding carboxylic acids is 1. The summed E-state index contributed by atoms with van der Waals surface area (Å²) >= 11 is 0. The summed E-state index contributed by atoms with van der Waals surface area (Å²) in [4.78, 5) is 22.6. The van der Waals surface area contributed by atoms with Crippen molar-refractivity contribution in [2.75, 3.05) is 18.1 Å². The summed E-state index contributed by atoms with van der Waals surface area (Å²) in [7, 11) is -3.46. The number of sulfonamides is 1. The van der Waals surface area contributed by atoms with E-state index in [1.54, 1.807) is 6.92 Å². The van der Waals surface area contributed by atoms with Crippen LogP contribution in [0.25, 0.3) is 0 Å². The van der Waals surface area contributed by atoms with Crippen LogP contribution in [0.1, 0.15) is 18.4 Å². The van der Waals surface area contributed by atoms with E-state index in [0.29, 0.717) is 30.6 Å². The number of amides is 1. The number of hydrogen-bond donors (Lipinski definition) is 1. The highest BCUT2D eigenvalue weighted by Gasteiger charge is 2.36. The van der Waals surface area contributed by atoms with Crippen LogP contribution in [0.4, 0.5) is 11.4 Å². The van der Waals surface area contributed by atoms with Crippen molar-refractivity contribution in [2.24, 2.45) is 0 Å². The summed E-state index contributed by atoms with van der Waals surface area (Å²) in [6.45, 7) is 2.02. The number of benzene rings is 1. The highest BCUT2D eigenvalue weighted by atomic mass is 32.2. The molecule has 0 radical (unpaired) electrons. The van der Waals surface area contributed by atoms with Gasteiger partial charge in [0.1, 0.15) is 6.04 Å². The first kappa shape index (κ1) is 16.4. The molecule has 0 aromatic heterocycles. The third kappa shape index (κ3) is 3.42. The number of nitro groups is 1. The number of anilines is 1. The van der Waals surface area contributed by atoms with Gasteiger partial charge in [0.2, 0.25) is 15.9 Å². The van der Waals surface area contributed by atoms with Crippen LogP contribution in [0, 0.1) is 17.0 Å². The molecular formula is C13H17N3O5S. The van der Waals surface area contributed by atoms with Crippen LogP contribution in [0.15, 0.2) is 18.2 Å². The fourth-order valence-electron chi connectivity index (χ4n) is 2.47. The summed E-state index contributed by atoms with van der Waals surface area (Å²) in [5.74, 6) is -0.466. The van der Waals surface area contributed by atoms with Crippen molar-refractivity contribution in [1.29, 1.82) is 0 Å². The van der Waals surface area contributed by atoms with Gasteiger partial charge in [0.15, 0.2) is 0 Å². The number of carbonyl (C=O) groups is 1. The normalized spacial score (nSPS) is 19.1. The van der Waals surface area contributed by atoms with Crippen molar-refractivity contribution in [3.8, 4) is 0 Å². The Morgan fingerprint density at radius 3 is 2.73 bits per heavy atom. The zero-order chi connectivity index (χ0) is 16.5. The fraction of sp³-hybridized carbons (Fsp3) is 0.462. The van der Waals surface area contributed by atoms with E-state index in [1.807, 2.05) is 0 Å². The second kappa shape index (κ2) is 6.01. The zero-order valence-corrected chi connectivity index (χ0v) is 13.1. The lowest BCUT2D eigenvalue weighted by molar-refractivity contribution is -0.384. The Balaban J connectivity index is 2.22. The molecule has 1 saturated heterocycles. The van der Waals surface area contributed by atoms with E-state index in [4.69, 9.17) is 0 Å². The maximum absolute atomic E-state index is 12.3. The number of rotatable bonds is 4. The molecule has 1 aliphatic heterocycles. The van der Waals surface area contributed by atoms with E-state index < -0.39 is 26.9 Å². The van der Waals surface area contributed by atoms with E-state index in [0.717, 1.165) is 10.6 Å². The minimum atomic E-state index is -3.46.